The predicted molar refractivity (Wildman–Crippen MR) is 86.0 cm³/mol. The lowest BCUT2D eigenvalue weighted by molar-refractivity contribution is 0.0392. The molecule has 1 aromatic carbocycles. The van der Waals surface area contributed by atoms with Crippen molar-refractivity contribution in [3.05, 3.63) is 46.2 Å². The van der Waals surface area contributed by atoms with Crippen molar-refractivity contribution < 1.29 is 9.47 Å². The average Bonchev–Trinajstić information content (AvgIpc) is 2.57. The summed E-state index contributed by atoms with van der Waals surface area (Å²) in [4.78, 5) is 10.7. The van der Waals surface area contributed by atoms with Crippen LogP contribution in [0.25, 0.3) is 0 Å². The number of nitrogens with zero attached hydrogens (tertiary/aromatic N) is 3. The predicted octanol–water partition coefficient (Wildman–Crippen LogP) is 3.37. The first-order valence-electron chi connectivity index (χ1n) is 6.85. The van der Waals surface area contributed by atoms with Gasteiger partial charge in [0.15, 0.2) is 5.75 Å². The van der Waals surface area contributed by atoms with Gasteiger partial charge in [-0.15, -0.1) is 0 Å². The van der Waals surface area contributed by atoms with Crippen LogP contribution >= 0.6 is 23.2 Å². The lowest BCUT2D eigenvalue weighted by atomic mass is 10.1. The molecule has 0 saturated carbocycles. The Bertz CT molecular complexity index is 652. The zero-order valence-corrected chi connectivity index (χ0v) is 13.5. The summed E-state index contributed by atoms with van der Waals surface area (Å²) in [5.74, 6) is 1.30. The molecular weight excluding hydrogens is 325 g/mol. The van der Waals surface area contributed by atoms with E-state index in [0.717, 1.165) is 12.1 Å². The third-order valence-electron chi connectivity index (χ3n) is 3.51. The molecule has 3 rings (SSSR count). The van der Waals surface area contributed by atoms with E-state index in [1.54, 1.807) is 25.6 Å². The molecule has 116 valence electrons. The number of aromatic nitrogens is 2. The second-order valence-electron chi connectivity index (χ2n) is 4.90. The quantitative estimate of drug-likeness (QED) is 0.857. The van der Waals surface area contributed by atoms with Crippen LogP contribution in [0, 0.1) is 0 Å². The second kappa shape index (κ2) is 6.69. The highest BCUT2D eigenvalue weighted by molar-refractivity contribution is 6.42. The Morgan fingerprint density at radius 1 is 1.23 bits per heavy atom. The van der Waals surface area contributed by atoms with Gasteiger partial charge in [-0.3, -0.25) is 0 Å². The van der Waals surface area contributed by atoms with E-state index in [4.69, 9.17) is 32.7 Å². The maximum Gasteiger partial charge on any atom is 0.225 e. The molecule has 0 aliphatic carbocycles. The summed E-state index contributed by atoms with van der Waals surface area (Å²) in [6.45, 7) is 1.99. The Morgan fingerprint density at radius 2 is 2.00 bits per heavy atom. The fourth-order valence-electron chi connectivity index (χ4n) is 2.32. The normalized spacial score (nSPS) is 18.3. The van der Waals surface area contributed by atoms with E-state index in [1.807, 2.05) is 12.1 Å². The van der Waals surface area contributed by atoms with Crippen molar-refractivity contribution in [2.75, 3.05) is 31.7 Å². The smallest absolute Gasteiger partial charge is 0.225 e. The molecule has 5 nitrogen and oxygen atoms in total. The number of morpholine rings is 1. The molecule has 2 aromatic rings. The fourth-order valence-corrected chi connectivity index (χ4v) is 2.63. The van der Waals surface area contributed by atoms with Crippen molar-refractivity contribution in [1.82, 2.24) is 9.97 Å². The monoisotopic (exact) mass is 339 g/mol. The highest BCUT2D eigenvalue weighted by Crippen LogP contribution is 2.29. The molecule has 7 heteroatoms. The van der Waals surface area contributed by atoms with Gasteiger partial charge >= 0.3 is 0 Å². The van der Waals surface area contributed by atoms with E-state index in [1.165, 1.54) is 0 Å². The van der Waals surface area contributed by atoms with Gasteiger partial charge in [0.05, 0.1) is 42.7 Å². The SMILES string of the molecule is COc1cnc(N2CCO[C@@H](c3ccc(Cl)c(Cl)c3)C2)nc1. The first-order chi connectivity index (χ1) is 10.7. The van der Waals surface area contributed by atoms with Gasteiger partial charge in [0, 0.05) is 6.54 Å². The molecule has 1 fully saturated rings. The summed E-state index contributed by atoms with van der Waals surface area (Å²) in [7, 11) is 1.59. The van der Waals surface area contributed by atoms with Crippen molar-refractivity contribution in [3.63, 3.8) is 0 Å². The van der Waals surface area contributed by atoms with Crippen molar-refractivity contribution in [2.45, 2.75) is 6.10 Å². The van der Waals surface area contributed by atoms with Crippen LogP contribution in [0.5, 0.6) is 5.75 Å². The Morgan fingerprint density at radius 3 is 2.68 bits per heavy atom. The number of hydrogen-bond acceptors (Lipinski definition) is 5. The molecule has 1 atom stereocenters. The minimum Gasteiger partial charge on any atom is -0.494 e. The van der Waals surface area contributed by atoms with Crippen LogP contribution in [-0.4, -0.2) is 36.8 Å². The van der Waals surface area contributed by atoms with Crippen LogP contribution in [-0.2, 0) is 4.74 Å². The van der Waals surface area contributed by atoms with Crippen LogP contribution in [0.2, 0.25) is 10.0 Å². The molecule has 0 N–H and O–H groups in total. The zero-order chi connectivity index (χ0) is 15.5. The van der Waals surface area contributed by atoms with Crippen molar-refractivity contribution >= 4 is 29.2 Å². The van der Waals surface area contributed by atoms with Crippen molar-refractivity contribution in [1.29, 1.82) is 0 Å². The summed E-state index contributed by atoms with van der Waals surface area (Å²) < 4.78 is 10.9. The topological polar surface area (TPSA) is 47.5 Å². The molecule has 0 unspecified atom stereocenters. The molecule has 1 aliphatic heterocycles. The van der Waals surface area contributed by atoms with E-state index in [2.05, 4.69) is 14.9 Å². The number of ether oxygens (including phenoxy) is 2. The second-order valence-corrected chi connectivity index (χ2v) is 5.72. The number of benzene rings is 1. The number of hydrogen-bond donors (Lipinski definition) is 0. The Balaban J connectivity index is 1.76. The van der Waals surface area contributed by atoms with Crippen LogP contribution in [0.4, 0.5) is 5.95 Å². The van der Waals surface area contributed by atoms with Gasteiger partial charge in [-0.05, 0) is 17.7 Å². The minimum atomic E-state index is -0.0887. The number of methoxy groups -OCH3 is 1. The van der Waals surface area contributed by atoms with E-state index >= 15 is 0 Å². The largest absolute Gasteiger partial charge is 0.494 e. The average molecular weight is 340 g/mol. The third kappa shape index (κ3) is 3.27. The molecule has 2 heterocycles. The Labute approximate surface area is 138 Å². The van der Waals surface area contributed by atoms with Gasteiger partial charge in [-0.2, -0.15) is 0 Å². The molecule has 0 spiro atoms. The number of rotatable bonds is 3. The fraction of sp³-hybridized carbons (Fsp3) is 0.333. The van der Waals surface area contributed by atoms with Gasteiger partial charge in [0.2, 0.25) is 5.95 Å². The van der Waals surface area contributed by atoms with Crippen LogP contribution in [0.1, 0.15) is 11.7 Å². The van der Waals surface area contributed by atoms with Crippen LogP contribution in [0.3, 0.4) is 0 Å². The molecule has 1 saturated heterocycles. The maximum atomic E-state index is 6.08. The first-order valence-corrected chi connectivity index (χ1v) is 7.60. The standard InChI is InChI=1S/C15H15Cl2N3O2/c1-21-11-7-18-15(19-8-11)20-4-5-22-14(9-20)10-2-3-12(16)13(17)6-10/h2-3,6-8,14H,4-5,9H2,1H3/t14-/m1/s1. The molecule has 0 bridgehead atoms. The molecule has 1 aliphatic rings. The third-order valence-corrected chi connectivity index (χ3v) is 4.25. The number of anilines is 1. The van der Waals surface area contributed by atoms with E-state index < -0.39 is 0 Å². The molecular formula is C15H15Cl2N3O2. The summed E-state index contributed by atoms with van der Waals surface area (Å²) >= 11 is 12.0. The van der Waals surface area contributed by atoms with Crippen molar-refractivity contribution in [2.24, 2.45) is 0 Å². The van der Waals surface area contributed by atoms with Gasteiger partial charge in [-0.25, -0.2) is 9.97 Å². The summed E-state index contributed by atoms with van der Waals surface area (Å²) in [5, 5.41) is 1.07. The first kappa shape index (κ1) is 15.3. The summed E-state index contributed by atoms with van der Waals surface area (Å²) in [5.41, 5.74) is 0.993. The van der Waals surface area contributed by atoms with Gasteiger partial charge in [0.1, 0.15) is 6.10 Å². The zero-order valence-electron chi connectivity index (χ0n) is 12.0. The van der Waals surface area contributed by atoms with E-state index in [-0.39, 0.29) is 6.10 Å². The van der Waals surface area contributed by atoms with E-state index in [9.17, 15) is 0 Å². The number of halogens is 2. The highest BCUT2D eigenvalue weighted by Gasteiger charge is 2.24. The summed E-state index contributed by atoms with van der Waals surface area (Å²) in [6, 6.07) is 5.55. The molecule has 0 radical (unpaired) electrons. The molecule has 0 amide bonds. The lowest BCUT2D eigenvalue weighted by Gasteiger charge is -2.33. The van der Waals surface area contributed by atoms with Gasteiger partial charge < -0.3 is 14.4 Å². The van der Waals surface area contributed by atoms with Gasteiger partial charge in [-0.1, -0.05) is 29.3 Å². The van der Waals surface area contributed by atoms with Crippen LogP contribution < -0.4 is 9.64 Å². The summed E-state index contributed by atoms with van der Waals surface area (Å²) in [6.07, 6.45) is 3.23. The lowest BCUT2D eigenvalue weighted by Crippen LogP contribution is -2.39. The Hall–Kier alpha value is -1.56. The van der Waals surface area contributed by atoms with E-state index in [0.29, 0.717) is 34.9 Å². The van der Waals surface area contributed by atoms with Gasteiger partial charge in [0.25, 0.3) is 0 Å². The minimum absolute atomic E-state index is 0.0887. The molecule has 22 heavy (non-hydrogen) atoms. The van der Waals surface area contributed by atoms with Crippen LogP contribution in [0.15, 0.2) is 30.6 Å². The molecule has 1 aromatic heterocycles. The highest BCUT2D eigenvalue weighted by atomic mass is 35.5. The van der Waals surface area contributed by atoms with Crippen molar-refractivity contribution in [3.8, 4) is 5.75 Å². The maximum absolute atomic E-state index is 6.08. The Kier molecular flexibility index (Phi) is 4.66.